The SMILES string of the molecule is CCCCC/C=C\C/C=C\CCCCCCCCCC(=O)OC(COC(=O)CCCCCCCCCCCCCCCCCCCCCCCCCCCCCCCCCCCC)COC(OCC[N+](C)(C)C)C(=O)[O-]. The van der Waals surface area contributed by atoms with E-state index in [0.29, 0.717) is 23.9 Å². The molecule has 0 spiro atoms. The molecule has 0 saturated heterocycles. The smallest absolute Gasteiger partial charge is 0.306 e. The minimum atomic E-state index is -1.62. The molecule has 0 radical (unpaired) electrons. The monoisotopic (exact) mass is 1070 g/mol. The lowest BCUT2D eigenvalue weighted by Gasteiger charge is -2.26. The van der Waals surface area contributed by atoms with Gasteiger partial charge in [0, 0.05) is 12.8 Å². The summed E-state index contributed by atoms with van der Waals surface area (Å²) < 4.78 is 22.7. The van der Waals surface area contributed by atoms with Crippen LogP contribution < -0.4 is 5.11 Å². The van der Waals surface area contributed by atoms with Gasteiger partial charge in [-0.1, -0.05) is 295 Å². The van der Waals surface area contributed by atoms with Crippen molar-refractivity contribution in [2.45, 2.75) is 341 Å². The highest BCUT2D eigenvalue weighted by Gasteiger charge is 2.22. The van der Waals surface area contributed by atoms with Gasteiger partial charge in [0.15, 0.2) is 12.4 Å². The molecule has 0 aliphatic carbocycles. The predicted molar refractivity (Wildman–Crippen MR) is 320 cm³/mol. The Morgan fingerprint density at radius 3 is 1.07 bits per heavy atom. The molecule has 0 rings (SSSR count). The van der Waals surface area contributed by atoms with Crippen LogP contribution >= 0.6 is 0 Å². The molecule has 0 amide bonds. The number of ether oxygens (including phenoxy) is 4. The molecule has 448 valence electrons. The number of unbranched alkanes of at least 4 members (excludes halogenated alkanes) is 43. The van der Waals surface area contributed by atoms with E-state index in [2.05, 4.69) is 38.2 Å². The first-order chi connectivity index (χ1) is 37.1. The number of carbonyl (C=O) groups is 3. The number of carboxylic acids is 1. The highest BCUT2D eigenvalue weighted by atomic mass is 16.7. The number of nitrogens with zero attached hydrogens (tertiary/aromatic N) is 1. The van der Waals surface area contributed by atoms with E-state index < -0.39 is 24.3 Å². The molecule has 0 heterocycles. The summed E-state index contributed by atoms with van der Waals surface area (Å²) in [4.78, 5) is 37.3. The minimum absolute atomic E-state index is 0.148. The van der Waals surface area contributed by atoms with Gasteiger partial charge < -0.3 is 33.3 Å². The molecule has 76 heavy (non-hydrogen) atoms. The third kappa shape index (κ3) is 59.4. The van der Waals surface area contributed by atoms with Gasteiger partial charge >= 0.3 is 11.9 Å². The summed E-state index contributed by atoms with van der Waals surface area (Å²) in [6.07, 6.45) is 68.4. The number of hydrogen-bond acceptors (Lipinski definition) is 8. The topological polar surface area (TPSA) is 111 Å². The van der Waals surface area contributed by atoms with Crippen LogP contribution in [0.15, 0.2) is 24.3 Å². The predicted octanol–water partition coefficient (Wildman–Crippen LogP) is 18.5. The van der Waals surface area contributed by atoms with E-state index in [-0.39, 0.29) is 32.2 Å². The van der Waals surface area contributed by atoms with E-state index in [1.807, 2.05) is 21.1 Å². The number of allylic oxidation sites excluding steroid dienone is 4. The molecule has 0 aliphatic rings. The third-order valence-electron chi connectivity index (χ3n) is 15.0. The Morgan fingerprint density at radius 1 is 0.395 bits per heavy atom. The standard InChI is InChI=1S/C67H127NO8/c1-6-8-10-12-14-16-18-20-22-24-25-26-27-28-29-30-31-32-33-34-35-36-37-38-39-40-42-43-45-47-49-51-53-55-57-64(69)74-61-63(62-75-67(66(71)72)73-60-59-68(3,4)5)76-65(70)58-56-54-52-50-48-46-44-41-23-21-19-17-15-13-11-9-7-2/h15,17,21,23,63,67H,6-14,16,18-20,22,24-62H2,1-5H3/b17-15-,23-21-. The van der Waals surface area contributed by atoms with Gasteiger partial charge in [-0.25, -0.2) is 0 Å². The van der Waals surface area contributed by atoms with Crippen LogP contribution in [0, 0.1) is 0 Å². The molecule has 2 unspecified atom stereocenters. The van der Waals surface area contributed by atoms with Crippen molar-refractivity contribution in [2.75, 3.05) is 47.5 Å². The molecule has 0 aromatic heterocycles. The van der Waals surface area contributed by atoms with E-state index in [4.69, 9.17) is 18.9 Å². The minimum Gasteiger partial charge on any atom is -0.545 e. The van der Waals surface area contributed by atoms with Crippen LogP contribution in [0.3, 0.4) is 0 Å². The zero-order chi connectivity index (χ0) is 55.5. The summed E-state index contributed by atoms with van der Waals surface area (Å²) in [6.45, 7) is 4.77. The fourth-order valence-corrected chi connectivity index (χ4v) is 9.87. The molecule has 0 aromatic carbocycles. The van der Waals surface area contributed by atoms with Crippen LogP contribution in [0.4, 0.5) is 0 Å². The lowest BCUT2D eigenvalue weighted by molar-refractivity contribution is -0.870. The number of carboxylic acid groups (broad SMARTS) is 1. The molecule has 0 saturated carbocycles. The fraction of sp³-hybridized carbons (Fsp3) is 0.896. The number of esters is 2. The summed E-state index contributed by atoms with van der Waals surface area (Å²) in [6, 6.07) is 0. The summed E-state index contributed by atoms with van der Waals surface area (Å²) in [5.41, 5.74) is 0. The largest absolute Gasteiger partial charge is 0.545 e. The molecular formula is C67H127NO8. The first-order valence-electron chi connectivity index (χ1n) is 33.0. The molecule has 2 atom stereocenters. The van der Waals surface area contributed by atoms with E-state index in [9.17, 15) is 19.5 Å². The van der Waals surface area contributed by atoms with Crippen molar-refractivity contribution in [1.82, 2.24) is 0 Å². The van der Waals surface area contributed by atoms with Gasteiger partial charge in [0.1, 0.15) is 13.2 Å². The number of carbonyl (C=O) groups excluding carboxylic acids is 3. The number of likely N-dealkylation sites (N-methyl/N-ethyl adjacent to an activating group) is 1. The van der Waals surface area contributed by atoms with Crippen molar-refractivity contribution in [3.63, 3.8) is 0 Å². The maximum Gasteiger partial charge on any atom is 0.306 e. The maximum absolute atomic E-state index is 12.9. The summed E-state index contributed by atoms with van der Waals surface area (Å²) >= 11 is 0. The van der Waals surface area contributed by atoms with E-state index in [1.165, 1.54) is 244 Å². The van der Waals surface area contributed by atoms with Gasteiger partial charge in [-0.05, 0) is 44.9 Å². The van der Waals surface area contributed by atoms with E-state index in [0.717, 1.165) is 51.4 Å². The normalized spacial score (nSPS) is 12.8. The Balaban J connectivity index is 4.00. The van der Waals surface area contributed by atoms with Crippen molar-refractivity contribution in [3.05, 3.63) is 24.3 Å². The molecule has 0 aromatic rings. The Hall–Kier alpha value is -2.23. The second-order valence-electron chi connectivity index (χ2n) is 23.8. The van der Waals surface area contributed by atoms with Crippen LogP contribution in [0.2, 0.25) is 0 Å². The van der Waals surface area contributed by atoms with Gasteiger partial charge in [0.2, 0.25) is 0 Å². The van der Waals surface area contributed by atoms with Crippen molar-refractivity contribution in [2.24, 2.45) is 0 Å². The quantitative estimate of drug-likeness (QED) is 0.0195. The molecule has 9 heteroatoms. The number of quaternary nitrogens is 1. The van der Waals surface area contributed by atoms with Crippen LogP contribution in [-0.4, -0.2) is 82.3 Å². The van der Waals surface area contributed by atoms with Crippen LogP contribution in [-0.2, 0) is 33.3 Å². The van der Waals surface area contributed by atoms with E-state index in [1.54, 1.807) is 0 Å². The van der Waals surface area contributed by atoms with E-state index >= 15 is 0 Å². The highest BCUT2D eigenvalue weighted by Crippen LogP contribution is 2.18. The van der Waals surface area contributed by atoms with Crippen LogP contribution in [0.25, 0.3) is 0 Å². The van der Waals surface area contributed by atoms with Crippen molar-refractivity contribution >= 4 is 17.9 Å². The lowest BCUT2D eigenvalue weighted by atomic mass is 10.0. The average Bonchev–Trinajstić information content (AvgIpc) is 3.39. The molecule has 0 fully saturated rings. The first-order valence-corrected chi connectivity index (χ1v) is 33.0. The second kappa shape index (κ2) is 58.9. The van der Waals surface area contributed by atoms with Gasteiger partial charge in [-0.2, -0.15) is 0 Å². The second-order valence-corrected chi connectivity index (χ2v) is 23.8. The third-order valence-corrected chi connectivity index (χ3v) is 15.0. The Kier molecular flexibility index (Phi) is 57.2. The summed E-state index contributed by atoms with van der Waals surface area (Å²) in [7, 11) is 5.93. The average molecular weight is 1070 g/mol. The van der Waals surface area contributed by atoms with Gasteiger partial charge in [-0.15, -0.1) is 0 Å². The summed E-state index contributed by atoms with van der Waals surface area (Å²) in [5.74, 6) is -2.27. The van der Waals surface area contributed by atoms with Gasteiger partial charge in [0.25, 0.3) is 0 Å². The van der Waals surface area contributed by atoms with Crippen molar-refractivity contribution < 1.29 is 42.9 Å². The zero-order valence-corrected chi connectivity index (χ0v) is 51.2. The van der Waals surface area contributed by atoms with Gasteiger partial charge in [-0.3, -0.25) is 9.59 Å². The lowest BCUT2D eigenvalue weighted by Crippen LogP contribution is -2.44. The maximum atomic E-state index is 12.9. The van der Waals surface area contributed by atoms with Crippen LogP contribution in [0.1, 0.15) is 328 Å². The molecule has 0 aliphatic heterocycles. The number of hydrogen-bond donors (Lipinski definition) is 0. The Labute approximate surface area is 471 Å². The van der Waals surface area contributed by atoms with Gasteiger partial charge in [0.05, 0.1) is 40.3 Å². The van der Waals surface area contributed by atoms with Crippen molar-refractivity contribution in [3.8, 4) is 0 Å². The van der Waals surface area contributed by atoms with Crippen LogP contribution in [0.5, 0.6) is 0 Å². The first kappa shape index (κ1) is 73.8. The molecule has 9 nitrogen and oxygen atoms in total. The molecule has 0 N–H and O–H groups in total. The number of aliphatic carboxylic acids is 1. The zero-order valence-electron chi connectivity index (χ0n) is 51.2. The summed E-state index contributed by atoms with van der Waals surface area (Å²) in [5, 5.41) is 11.8. The molecular weight excluding hydrogens is 947 g/mol. The fourth-order valence-electron chi connectivity index (χ4n) is 9.87. The Morgan fingerprint density at radius 2 is 0.711 bits per heavy atom. The number of rotatable bonds is 62. The molecule has 0 bridgehead atoms. The Bertz CT molecular complexity index is 1300. The highest BCUT2D eigenvalue weighted by molar-refractivity contribution is 5.70. The van der Waals surface area contributed by atoms with Crippen molar-refractivity contribution in [1.29, 1.82) is 0 Å².